The lowest BCUT2D eigenvalue weighted by molar-refractivity contribution is -0.192. The van der Waals surface area contributed by atoms with Crippen molar-refractivity contribution < 1.29 is 32.6 Å². The van der Waals surface area contributed by atoms with Crippen molar-refractivity contribution in [3.05, 3.63) is 26.7 Å². The highest BCUT2D eigenvalue weighted by Gasteiger charge is 2.38. The molecule has 1 aliphatic carbocycles. The second-order valence-corrected chi connectivity index (χ2v) is 8.96. The number of carboxylic acids is 1. The molecule has 2 aromatic rings. The molecule has 37 heavy (non-hydrogen) atoms. The smallest absolute Gasteiger partial charge is 0.475 e. The van der Waals surface area contributed by atoms with Crippen LogP contribution in [0.5, 0.6) is 0 Å². The number of halogens is 3. The lowest BCUT2D eigenvalue weighted by atomic mass is 9.79. The largest absolute Gasteiger partial charge is 0.490 e. The number of aryl methyl sites for hydroxylation is 2. The number of unbranched alkanes of at least 4 members (excludes halogenated alkanes) is 1. The van der Waals surface area contributed by atoms with Crippen LogP contribution in [0.25, 0.3) is 11.2 Å². The molecule has 3 rings (SSSR count). The van der Waals surface area contributed by atoms with Gasteiger partial charge in [-0.3, -0.25) is 19.1 Å². The number of hydrogen-bond acceptors (Lipinski definition) is 7. The summed E-state index contributed by atoms with van der Waals surface area (Å²) in [5, 5.41) is 10.7. The zero-order valence-electron chi connectivity index (χ0n) is 21.2. The van der Waals surface area contributed by atoms with Crippen LogP contribution < -0.4 is 16.6 Å². The Labute approximate surface area is 211 Å². The molecule has 0 unspecified atom stereocenters. The van der Waals surface area contributed by atoms with Crippen LogP contribution in [0, 0.1) is 0 Å². The Hall–Kier alpha value is -3.16. The molecule has 208 valence electrons. The fraction of sp³-hybridized carbons (Fsp3) is 0.696. The predicted octanol–water partition coefficient (Wildman–Crippen LogP) is 2.70. The number of nitrogens with zero attached hydrogens (tertiary/aromatic N) is 3. The third kappa shape index (κ3) is 7.66. The highest BCUT2D eigenvalue weighted by molar-refractivity contribution is 5.73. The molecular formula is C23H34F3N5O6. The maximum absolute atomic E-state index is 12.6. The molecule has 0 aliphatic heterocycles. The molecule has 0 amide bonds. The molecule has 11 nitrogen and oxygen atoms in total. The molecule has 2 heterocycles. The summed E-state index contributed by atoms with van der Waals surface area (Å²) < 4.78 is 40.1. The minimum Gasteiger partial charge on any atom is -0.475 e. The van der Waals surface area contributed by atoms with Crippen LogP contribution in [0.4, 0.5) is 13.2 Å². The molecular weight excluding hydrogens is 499 g/mol. The normalized spacial score (nSPS) is 15.2. The number of hydrogen-bond donors (Lipinski definition) is 3. The van der Waals surface area contributed by atoms with Crippen molar-refractivity contribution in [1.82, 2.24) is 24.4 Å². The van der Waals surface area contributed by atoms with E-state index >= 15 is 0 Å². The number of carbonyl (C=O) groups excluding carboxylic acids is 1. The minimum atomic E-state index is -5.08. The maximum atomic E-state index is 12.6. The van der Waals surface area contributed by atoms with Crippen molar-refractivity contribution in [3.63, 3.8) is 0 Å². The number of esters is 1. The van der Waals surface area contributed by atoms with Gasteiger partial charge in [-0.15, -0.1) is 0 Å². The van der Waals surface area contributed by atoms with Gasteiger partial charge in [-0.05, 0) is 26.2 Å². The van der Waals surface area contributed by atoms with E-state index in [0.29, 0.717) is 43.0 Å². The van der Waals surface area contributed by atoms with E-state index in [-0.39, 0.29) is 11.5 Å². The van der Waals surface area contributed by atoms with Crippen LogP contribution in [0.3, 0.4) is 0 Å². The second-order valence-electron chi connectivity index (χ2n) is 8.96. The number of aromatic amines is 1. The number of carboxylic acid groups (broad SMARTS) is 1. The standard InChI is InChI=1S/C21H33N5O4.C2HF3O2/c1-4-6-12-26-18-17(19(28)24-20(26)29)25(5-2)15(23-18)14-22-21(13-16(27)30-3)10-8-7-9-11-21;3-2(4,5)1(6)7/h22H,4-14H2,1-3H3,(H,24,28,29);(H,6,7). The molecule has 3 N–H and O–H groups in total. The van der Waals surface area contributed by atoms with E-state index in [1.165, 1.54) is 7.11 Å². The van der Waals surface area contributed by atoms with Gasteiger partial charge in [0.25, 0.3) is 5.56 Å². The van der Waals surface area contributed by atoms with Gasteiger partial charge in [-0.2, -0.15) is 13.2 Å². The van der Waals surface area contributed by atoms with Crippen LogP contribution in [-0.4, -0.2) is 55.0 Å². The topological polar surface area (TPSA) is 148 Å². The lowest BCUT2D eigenvalue weighted by Crippen LogP contribution is -2.48. The highest BCUT2D eigenvalue weighted by Crippen LogP contribution is 2.32. The fourth-order valence-electron chi connectivity index (χ4n) is 4.48. The van der Waals surface area contributed by atoms with Gasteiger partial charge >= 0.3 is 23.8 Å². The first-order chi connectivity index (χ1) is 17.4. The molecule has 1 aliphatic rings. The fourth-order valence-corrected chi connectivity index (χ4v) is 4.48. The number of imidazole rings is 1. The van der Waals surface area contributed by atoms with Gasteiger partial charge in [-0.1, -0.05) is 32.6 Å². The van der Waals surface area contributed by atoms with E-state index in [4.69, 9.17) is 19.6 Å². The van der Waals surface area contributed by atoms with Crippen molar-refractivity contribution in [2.75, 3.05) is 7.11 Å². The average molecular weight is 534 g/mol. The van der Waals surface area contributed by atoms with Crippen molar-refractivity contribution in [3.8, 4) is 0 Å². The van der Waals surface area contributed by atoms with Gasteiger partial charge in [-0.25, -0.2) is 14.6 Å². The van der Waals surface area contributed by atoms with E-state index in [9.17, 15) is 27.6 Å². The van der Waals surface area contributed by atoms with Gasteiger partial charge < -0.3 is 19.7 Å². The van der Waals surface area contributed by atoms with Gasteiger partial charge in [0.2, 0.25) is 0 Å². The number of aromatic nitrogens is 4. The summed E-state index contributed by atoms with van der Waals surface area (Å²) in [7, 11) is 1.41. The van der Waals surface area contributed by atoms with Crippen LogP contribution in [0.2, 0.25) is 0 Å². The van der Waals surface area contributed by atoms with E-state index in [1.54, 1.807) is 4.57 Å². The number of methoxy groups -OCH3 is 1. The monoisotopic (exact) mass is 533 g/mol. The SMILES string of the molecule is CCCCn1c(=O)[nH]c(=O)c2c1nc(CNC1(CC(=O)OC)CCCCC1)n2CC.O=C(O)C(F)(F)F. The highest BCUT2D eigenvalue weighted by atomic mass is 19.4. The number of H-pyrrole nitrogens is 1. The van der Waals surface area contributed by atoms with Gasteiger partial charge in [0, 0.05) is 18.6 Å². The van der Waals surface area contributed by atoms with Crippen molar-refractivity contribution in [2.24, 2.45) is 0 Å². The summed E-state index contributed by atoms with van der Waals surface area (Å²) in [6, 6.07) is 0. The lowest BCUT2D eigenvalue weighted by Gasteiger charge is -2.37. The molecule has 0 radical (unpaired) electrons. The summed E-state index contributed by atoms with van der Waals surface area (Å²) in [5.74, 6) is -2.28. The first-order valence-electron chi connectivity index (χ1n) is 12.2. The molecule has 14 heteroatoms. The summed E-state index contributed by atoms with van der Waals surface area (Å²) >= 11 is 0. The summed E-state index contributed by atoms with van der Waals surface area (Å²) in [6.45, 7) is 5.51. The first kappa shape index (κ1) is 30.1. The maximum Gasteiger partial charge on any atom is 0.490 e. The molecule has 2 aromatic heterocycles. The third-order valence-corrected chi connectivity index (χ3v) is 6.40. The number of aliphatic carboxylic acids is 1. The van der Waals surface area contributed by atoms with E-state index < -0.39 is 23.4 Å². The number of ether oxygens (including phenoxy) is 1. The number of nitrogens with one attached hydrogen (secondary N) is 2. The summed E-state index contributed by atoms with van der Waals surface area (Å²) in [5.41, 5.74) is -0.297. The van der Waals surface area contributed by atoms with Crippen molar-refractivity contribution >= 4 is 23.1 Å². The van der Waals surface area contributed by atoms with Gasteiger partial charge in [0.05, 0.1) is 20.1 Å². The van der Waals surface area contributed by atoms with E-state index in [2.05, 4.69) is 17.2 Å². The Kier molecular flexibility index (Phi) is 10.5. The van der Waals surface area contributed by atoms with E-state index in [1.807, 2.05) is 11.5 Å². The Morgan fingerprint density at radius 3 is 2.30 bits per heavy atom. The minimum absolute atomic E-state index is 0.224. The molecule has 1 fully saturated rings. The zero-order chi connectivity index (χ0) is 27.8. The molecule has 0 aromatic carbocycles. The van der Waals surface area contributed by atoms with Crippen LogP contribution >= 0.6 is 0 Å². The Bertz CT molecular complexity index is 1190. The van der Waals surface area contributed by atoms with Crippen molar-refractivity contribution in [2.45, 2.75) is 96.6 Å². The van der Waals surface area contributed by atoms with Gasteiger partial charge in [0.15, 0.2) is 11.2 Å². The van der Waals surface area contributed by atoms with Crippen molar-refractivity contribution in [1.29, 1.82) is 0 Å². The third-order valence-electron chi connectivity index (χ3n) is 6.40. The average Bonchev–Trinajstić information content (AvgIpc) is 3.22. The Morgan fingerprint density at radius 1 is 1.16 bits per heavy atom. The number of fused-ring (bicyclic) bond motifs is 1. The van der Waals surface area contributed by atoms with Crippen LogP contribution in [-0.2, 0) is 34.0 Å². The van der Waals surface area contributed by atoms with Crippen LogP contribution in [0.15, 0.2) is 9.59 Å². The predicted molar refractivity (Wildman–Crippen MR) is 128 cm³/mol. The molecule has 0 bridgehead atoms. The molecule has 1 saturated carbocycles. The summed E-state index contributed by atoms with van der Waals surface area (Å²) in [6.07, 6.45) is 2.08. The van der Waals surface area contributed by atoms with Crippen LogP contribution in [0.1, 0.15) is 71.0 Å². The Morgan fingerprint density at radius 2 is 1.78 bits per heavy atom. The van der Waals surface area contributed by atoms with E-state index in [0.717, 1.165) is 44.9 Å². The molecule has 0 atom stereocenters. The zero-order valence-corrected chi connectivity index (χ0v) is 21.2. The quantitative estimate of drug-likeness (QED) is 0.417. The first-order valence-corrected chi connectivity index (χ1v) is 12.2. The second kappa shape index (κ2) is 12.9. The number of carbonyl (C=O) groups is 2. The molecule has 0 spiro atoms. The molecule has 0 saturated heterocycles. The number of alkyl halides is 3. The number of rotatable bonds is 9. The summed E-state index contributed by atoms with van der Waals surface area (Å²) in [4.78, 5) is 53.0. The Balaban J connectivity index is 0.000000604. The van der Waals surface area contributed by atoms with Gasteiger partial charge in [0.1, 0.15) is 5.82 Å².